The minimum absolute atomic E-state index is 0.0319. The molecule has 3 aliphatic rings. The van der Waals surface area contributed by atoms with Crippen molar-refractivity contribution in [2.24, 2.45) is 11.1 Å². The Hall–Kier alpha value is -4.69. The van der Waals surface area contributed by atoms with Gasteiger partial charge in [0, 0.05) is 107 Å². The molecular weight excluding hydrogens is 1530 g/mol. The Balaban J connectivity index is 1.90. The van der Waals surface area contributed by atoms with Crippen LogP contribution in [0.1, 0.15) is 209 Å². The van der Waals surface area contributed by atoms with Crippen molar-refractivity contribution in [2.45, 2.75) is 350 Å². The van der Waals surface area contributed by atoms with Gasteiger partial charge >= 0.3 is 0 Å². The number of hydrogen-bond acceptors (Lipinski definition) is 29. The summed E-state index contributed by atoms with van der Waals surface area (Å²) in [5.41, 5.74) is -8.54. The fraction of sp³-hybridized carbons (Fsp3) is 0.897. The summed E-state index contributed by atoms with van der Waals surface area (Å²) in [6, 6.07) is -3.32. The second-order valence-corrected chi connectivity index (χ2v) is 36.9. The van der Waals surface area contributed by atoms with Crippen LogP contribution in [0, 0.1) is 5.92 Å². The van der Waals surface area contributed by atoms with Crippen molar-refractivity contribution in [1.29, 1.82) is 0 Å². The number of ether oxygens (including phenoxy) is 10. The molecule has 3 aliphatic heterocycles. The Labute approximate surface area is 683 Å². The van der Waals surface area contributed by atoms with Gasteiger partial charge in [0.2, 0.25) is 47.3 Å². The van der Waals surface area contributed by atoms with Crippen molar-refractivity contribution in [2.75, 3.05) is 92.4 Å². The van der Waals surface area contributed by atoms with Crippen molar-refractivity contribution in [1.82, 2.24) is 42.5 Å². The molecule has 3 fully saturated rings. The van der Waals surface area contributed by atoms with Gasteiger partial charge in [0.1, 0.15) is 78.8 Å². The Bertz CT molecular complexity index is 2920. The lowest BCUT2D eigenvalue weighted by Crippen LogP contribution is -2.70. The first-order valence-electron chi connectivity index (χ1n) is 40.0. The molecule has 115 heavy (non-hydrogen) atoms. The maximum Gasteiger partial charge on any atom is 0.222 e. The summed E-state index contributed by atoms with van der Waals surface area (Å²) in [6.07, 6.45) is -14.1. The molecule has 3 heterocycles. The number of carbonyl (C=O) groups excluding carboxylic acids is 8. The third-order valence-corrected chi connectivity index (χ3v) is 22.1. The second-order valence-electron chi connectivity index (χ2n) is 35.5. The molecule has 0 bridgehead atoms. The fourth-order valence-corrected chi connectivity index (χ4v) is 13.9. The highest BCUT2D eigenvalue weighted by Gasteiger charge is 2.56. The fourth-order valence-electron chi connectivity index (χ4n) is 13.7. The summed E-state index contributed by atoms with van der Waals surface area (Å²) in [5, 5.41) is 124. The molecule has 0 aromatic carbocycles. The minimum atomic E-state index is -1.58. The number of nitrogens with one attached hydrogen (secondary N) is 8. The molecule has 0 radical (unpaired) electrons. The average Bonchev–Trinajstić information content (AvgIpc) is 0.770. The van der Waals surface area contributed by atoms with E-state index in [1.54, 1.807) is 76.2 Å². The predicted octanol–water partition coefficient (Wildman–Crippen LogP) is -0.856. The van der Waals surface area contributed by atoms with Crippen LogP contribution in [-0.4, -0.2) is 326 Å². The molecule has 0 aromatic rings. The van der Waals surface area contributed by atoms with Crippen molar-refractivity contribution in [3.63, 3.8) is 0 Å². The molecule has 3 rings (SSSR count). The van der Waals surface area contributed by atoms with Crippen LogP contribution in [0.5, 0.6) is 0 Å². The van der Waals surface area contributed by atoms with Crippen LogP contribution in [0.15, 0.2) is 0 Å². The van der Waals surface area contributed by atoms with Crippen LogP contribution in [-0.2, 0) is 85.7 Å². The van der Waals surface area contributed by atoms with E-state index < -0.39 is 197 Å². The van der Waals surface area contributed by atoms with Gasteiger partial charge in [-0.25, -0.2) is 0 Å². The average molecular weight is 1670 g/mol. The van der Waals surface area contributed by atoms with E-state index in [0.29, 0.717) is 19.4 Å². The third kappa shape index (κ3) is 35.1. The number of carbonyl (C=O) groups is 8. The van der Waals surface area contributed by atoms with Crippen molar-refractivity contribution >= 4 is 59.2 Å². The highest BCUT2D eigenvalue weighted by atomic mass is 32.2. The predicted molar refractivity (Wildman–Crippen MR) is 425 cm³/mol. The van der Waals surface area contributed by atoms with E-state index in [1.165, 1.54) is 32.7 Å². The van der Waals surface area contributed by atoms with Crippen LogP contribution >= 0.6 is 11.9 Å². The Kier molecular flexibility index (Phi) is 42.6. The zero-order valence-corrected chi connectivity index (χ0v) is 72.6. The third-order valence-electron chi connectivity index (χ3n) is 21.3. The van der Waals surface area contributed by atoms with Gasteiger partial charge in [-0.05, 0) is 148 Å². The maximum atomic E-state index is 14.3. The molecule has 0 aliphatic carbocycles. The summed E-state index contributed by atoms with van der Waals surface area (Å²) in [7, 11) is 0. The van der Waals surface area contributed by atoms with E-state index >= 15 is 0 Å². The monoisotopic (exact) mass is 1670 g/mol. The van der Waals surface area contributed by atoms with Crippen LogP contribution in [0.25, 0.3) is 0 Å². The standard InChI is InChI=1S/C78H145N9O27S/c1-46(2)77(20,69-60(83-49(5)93)66(104)63(101)52(42-90)114-69)111-38-30-72(10,11)86-57(98)26-35-107-45-78(87-54(95)22-21-32-80-53(94)23-27-73(12,13)108-39-31-74(14,15)115-79,43-105-33-24-55(96)84-70(6,7)28-36-109-75(16,17)67-58(81-47(3)91)64(102)61(99)50(40-88)112-67)44-106-34-25-56(97)85-71(8,9)29-37-110-76(18,19)68-59(82-48(4)92)65(103)62(100)51(41-89)113-68/h46,50-52,58-69,88-90,99-104H,21-45,79H2,1-20H3,(H,80,94)(H,81,91)(H,82,92)(H,83,93)(H,84,96)(H,85,97)(H,86,98)(H,87,95). The number of nitrogens with two attached hydrogens (primary N) is 1. The molecule has 36 nitrogen and oxygen atoms in total. The molecule has 37 heteroatoms. The topological polar surface area (TPSA) is 533 Å². The number of amides is 8. The number of hydrogen-bond donors (Lipinski definition) is 18. The second kappa shape index (κ2) is 46.9. The van der Waals surface area contributed by atoms with Gasteiger partial charge in [-0.15, -0.1) is 0 Å². The van der Waals surface area contributed by atoms with E-state index in [-0.39, 0.29) is 140 Å². The van der Waals surface area contributed by atoms with Gasteiger partial charge in [0.25, 0.3) is 0 Å². The molecular formula is C78H145N9O27S. The molecule has 0 saturated carbocycles. The molecule has 16 atom stereocenters. The molecule has 16 unspecified atom stereocenters. The molecule has 3 saturated heterocycles. The summed E-state index contributed by atoms with van der Waals surface area (Å²) in [4.78, 5) is 106. The first-order valence-corrected chi connectivity index (χ1v) is 40.9. The Morgan fingerprint density at radius 1 is 0.409 bits per heavy atom. The van der Waals surface area contributed by atoms with Crippen molar-refractivity contribution < 1.29 is 132 Å². The van der Waals surface area contributed by atoms with Crippen LogP contribution < -0.4 is 47.7 Å². The number of rotatable bonds is 53. The number of aliphatic hydroxyl groups excluding tert-OH is 9. The molecule has 670 valence electrons. The van der Waals surface area contributed by atoms with E-state index in [9.17, 15) is 84.3 Å². The van der Waals surface area contributed by atoms with Gasteiger partial charge in [0.05, 0.1) is 100.0 Å². The van der Waals surface area contributed by atoms with Gasteiger partial charge < -0.3 is 136 Å². The first kappa shape index (κ1) is 104. The Morgan fingerprint density at radius 2 is 0.739 bits per heavy atom. The van der Waals surface area contributed by atoms with E-state index in [2.05, 4.69) is 42.5 Å². The highest BCUT2D eigenvalue weighted by Crippen LogP contribution is 2.38. The normalized spacial score (nSPS) is 25.7. The maximum absolute atomic E-state index is 14.3. The van der Waals surface area contributed by atoms with Gasteiger partial charge in [0.15, 0.2) is 0 Å². The van der Waals surface area contributed by atoms with Gasteiger partial charge in [-0.1, -0.05) is 25.8 Å². The molecule has 0 aromatic heterocycles. The summed E-state index contributed by atoms with van der Waals surface area (Å²) >= 11 is 1.25. The van der Waals surface area contributed by atoms with E-state index in [4.69, 9.17) is 52.5 Å². The number of aliphatic hydroxyl groups is 9. The molecule has 19 N–H and O–H groups in total. The first-order chi connectivity index (χ1) is 53.2. The van der Waals surface area contributed by atoms with Crippen LogP contribution in [0.2, 0.25) is 0 Å². The largest absolute Gasteiger partial charge is 0.394 e. The van der Waals surface area contributed by atoms with Crippen molar-refractivity contribution in [3.05, 3.63) is 0 Å². The highest BCUT2D eigenvalue weighted by molar-refractivity contribution is 7.98. The minimum Gasteiger partial charge on any atom is -0.394 e. The van der Waals surface area contributed by atoms with Crippen LogP contribution in [0.4, 0.5) is 0 Å². The lowest BCUT2D eigenvalue weighted by atomic mass is 9.78. The molecule has 0 spiro atoms. The Morgan fingerprint density at radius 3 is 1.08 bits per heavy atom. The lowest BCUT2D eigenvalue weighted by molar-refractivity contribution is -0.255. The van der Waals surface area contributed by atoms with Crippen LogP contribution in [0.3, 0.4) is 0 Å². The summed E-state index contributed by atoms with van der Waals surface area (Å²) in [6.45, 7) is 31.5. The lowest BCUT2D eigenvalue weighted by Gasteiger charge is -2.51. The van der Waals surface area contributed by atoms with E-state index in [1.807, 2.05) is 41.5 Å². The van der Waals surface area contributed by atoms with E-state index in [0.717, 1.165) is 0 Å². The quantitative estimate of drug-likeness (QED) is 0.0260. The van der Waals surface area contributed by atoms with Gasteiger partial charge in [-0.2, -0.15) is 0 Å². The van der Waals surface area contributed by atoms with Gasteiger partial charge in [-0.3, -0.25) is 43.5 Å². The van der Waals surface area contributed by atoms with Crippen molar-refractivity contribution in [3.8, 4) is 0 Å². The molecule has 8 amide bonds. The SMILES string of the molecule is CC(=O)NC1C(O)C(O)C(CO)OC1C(C)(C)OCCC(C)(C)NC(=O)CCOCC(COCCC(=O)NC(C)(C)CCOC(C)(C)C1OC(CO)C(O)C(O)C1NC(C)=O)(COCCC(=O)NC(C)(C)CCOC(C)(C(C)C)C1OC(CO)C(O)C(O)C1NC(C)=O)NC(=O)CCCNC(=O)CCC(C)(C)OCCC(C)(C)SN. The zero-order chi connectivity index (χ0) is 87.5. The summed E-state index contributed by atoms with van der Waals surface area (Å²) < 4.78 is 61.9. The zero-order valence-electron chi connectivity index (χ0n) is 71.8. The summed E-state index contributed by atoms with van der Waals surface area (Å²) in [5.74, 6) is -3.86. The smallest absolute Gasteiger partial charge is 0.222 e.